The fourth-order valence-electron chi connectivity index (χ4n) is 4.22. The van der Waals surface area contributed by atoms with Gasteiger partial charge < -0.3 is 31.9 Å². The van der Waals surface area contributed by atoms with E-state index >= 15 is 0 Å². The molecule has 10 heteroatoms. The van der Waals surface area contributed by atoms with Crippen LogP contribution in [0.3, 0.4) is 0 Å². The van der Waals surface area contributed by atoms with Crippen LogP contribution in [0.1, 0.15) is 15.9 Å². The van der Waals surface area contributed by atoms with Crippen molar-refractivity contribution in [1.29, 1.82) is 0 Å². The monoisotopic (exact) mass is 418 g/mol. The van der Waals surface area contributed by atoms with Gasteiger partial charge in [0.15, 0.2) is 11.4 Å². The molecular formula is C19H15ClN2O7. The molecule has 9 nitrogen and oxygen atoms in total. The number of primary amides is 1. The fraction of sp³-hybridized carbons (Fsp3) is 0.211. The van der Waals surface area contributed by atoms with Gasteiger partial charge in [0, 0.05) is 16.3 Å². The summed E-state index contributed by atoms with van der Waals surface area (Å²) in [6.45, 7) is 0. The minimum atomic E-state index is -2.75. The zero-order valence-corrected chi connectivity index (χ0v) is 15.4. The summed E-state index contributed by atoms with van der Waals surface area (Å²) in [7, 11) is 0. The Morgan fingerprint density at radius 1 is 1.21 bits per heavy atom. The zero-order chi connectivity index (χ0) is 21.4. The van der Waals surface area contributed by atoms with Crippen molar-refractivity contribution in [2.45, 2.75) is 18.1 Å². The van der Waals surface area contributed by atoms with Gasteiger partial charge in [-0.25, -0.2) is 0 Å². The Kier molecular flexibility index (Phi) is 3.92. The number of phenolic OH excluding ortho intramolecular Hbond substituents is 2. The molecular weight excluding hydrogens is 404 g/mol. The molecule has 2 aliphatic carbocycles. The highest BCUT2D eigenvalue weighted by Gasteiger charge is 2.60. The molecule has 0 spiro atoms. The number of carbonyl (C=O) groups is 3. The molecule has 0 heterocycles. The molecule has 29 heavy (non-hydrogen) atoms. The predicted molar refractivity (Wildman–Crippen MR) is 101 cm³/mol. The average molecular weight is 419 g/mol. The molecule has 4 rings (SSSR count). The van der Waals surface area contributed by atoms with Crippen LogP contribution in [0.2, 0.25) is 5.02 Å². The smallest absolute Gasteiger partial charge is 0.255 e. The maximum absolute atomic E-state index is 13.2. The quantitative estimate of drug-likeness (QED) is 0.354. The third kappa shape index (κ3) is 2.26. The molecule has 150 valence electrons. The van der Waals surface area contributed by atoms with Gasteiger partial charge in [0.25, 0.3) is 5.91 Å². The van der Waals surface area contributed by atoms with E-state index in [-0.39, 0.29) is 39.1 Å². The Morgan fingerprint density at radius 3 is 2.48 bits per heavy atom. The number of carbonyl (C=O) groups excluding carboxylic acids is 3. The number of Topliss-reactive ketones (excluding diaryl/α,β-unsaturated/α-hetero) is 2. The SMILES string of the molecule is NC(=O)C1=C(O)C2(O)C(=O)c3c(cc4c(Cl)ccc(O)c4c3O)CC2C(N)C1=O. The number of aromatic hydroxyl groups is 2. The minimum Gasteiger partial charge on any atom is -0.508 e. The largest absolute Gasteiger partial charge is 0.508 e. The van der Waals surface area contributed by atoms with E-state index in [1.807, 2.05) is 0 Å². The molecule has 2 aliphatic rings. The summed E-state index contributed by atoms with van der Waals surface area (Å²) < 4.78 is 0. The van der Waals surface area contributed by atoms with Gasteiger partial charge in [-0.05, 0) is 30.2 Å². The second kappa shape index (κ2) is 5.93. The summed E-state index contributed by atoms with van der Waals surface area (Å²) >= 11 is 6.14. The van der Waals surface area contributed by atoms with E-state index in [2.05, 4.69) is 0 Å². The highest BCUT2D eigenvalue weighted by Crippen LogP contribution is 2.49. The number of hydrogen-bond acceptors (Lipinski definition) is 8. The second-order valence-electron chi connectivity index (χ2n) is 7.13. The molecule has 0 aliphatic heterocycles. The number of phenols is 2. The number of fused-ring (bicyclic) bond motifs is 3. The Morgan fingerprint density at radius 2 is 1.86 bits per heavy atom. The van der Waals surface area contributed by atoms with E-state index in [1.165, 1.54) is 18.2 Å². The first-order valence-corrected chi connectivity index (χ1v) is 8.86. The summed E-state index contributed by atoms with van der Waals surface area (Å²) in [4.78, 5) is 37.2. The van der Waals surface area contributed by atoms with Crippen LogP contribution in [-0.4, -0.2) is 49.5 Å². The van der Waals surface area contributed by atoms with Crippen molar-refractivity contribution in [3.8, 4) is 11.5 Å². The van der Waals surface area contributed by atoms with Gasteiger partial charge in [0.1, 0.15) is 22.8 Å². The van der Waals surface area contributed by atoms with Crippen molar-refractivity contribution in [3.05, 3.63) is 45.7 Å². The summed E-state index contributed by atoms with van der Waals surface area (Å²) in [6, 6.07) is 2.55. The number of ketones is 2. The van der Waals surface area contributed by atoms with Crippen LogP contribution in [0.15, 0.2) is 29.5 Å². The highest BCUT2D eigenvalue weighted by molar-refractivity contribution is 6.36. The number of rotatable bonds is 1. The zero-order valence-electron chi connectivity index (χ0n) is 14.6. The molecule has 0 saturated heterocycles. The molecule has 2 aromatic carbocycles. The lowest BCUT2D eigenvalue weighted by Crippen LogP contribution is -2.64. The van der Waals surface area contributed by atoms with E-state index in [0.717, 1.165) is 0 Å². The number of aliphatic hydroxyl groups is 2. The lowest BCUT2D eigenvalue weighted by molar-refractivity contribution is -0.127. The average Bonchev–Trinajstić information content (AvgIpc) is 2.65. The topological polar surface area (TPSA) is 184 Å². The molecule has 0 radical (unpaired) electrons. The Bertz CT molecular complexity index is 1190. The van der Waals surface area contributed by atoms with Crippen LogP contribution in [0.25, 0.3) is 10.8 Å². The molecule has 0 bridgehead atoms. The molecule has 0 saturated carbocycles. The van der Waals surface area contributed by atoms with Crippen LogP contribution in [0, 0.1) is 5.92 Å². The van der Waals surface area contributed by atoms with E-state index in [1.54, 1.807) is 0 Å². The minimum absolute atomic E-state index is 0.124. The van der Waals surface area contributed by atoms with Gasteiger partial charge in [0.2, 0.25) is 5.78 Å². The van der Waals surface area contributed by atoms with Crippen molar-refractivity contribution >= 4 is 39.8 Å². The normalized spacial score (nSPS) is 26.4. The third-order valence-corrected chi connectivity index (χ3v) is 5.99. The molecule has 2 aromatic rings. The van der Waals surface area contributed by atoms with Gasteiger partial charge in [-0.3, -0.25) is 14.4 Å². The number of nitrogens with two attached hydrogens (primary N) is 2. The summed E-state index contributed by atoms with van der Waals surface area (Å²) in [6.07, 6.45) is -0.198. The Balaban J connectivity index is 2.07. The maximum atomic E-state index is 13.2. The second-order valence-corrected chi connectivity index (χ2v) is 7.54. The van der Waals surface area contributed by atoms with Crippen molar-refractivity contribution in [2.75, 3.05) is 0 Å². The predicted octanol–water partition coefficient (Wildman–Crippen LogP) is 0.198. The van der Waals surface area contributed by atoms with E-state index in [9.17, 15) is 34.8 Å². The van der Waals surface area contributed by atoms with E-state index < -0.39 is 52.1 Å². The van der Waals surface area contributed by atoms with Crippen LogP contribution >= 0.6 is 11.6 Å². The molecule has 3 unspecified atom stereocenters. The third-order valence-electron chi connectivity index (χ3n) is 5.66. The van der Waals surface area contributed by atoms with Gasteiger partial charge >= 0.3 is 0 Å². The first kappa shape index (κ1) is 19.2. The van der Waals surface area contributed by atoms with Gasteiger partial charge in [-0.1, -0.05) is 11.6 Å². The highest BCUT2D eigenvalue weighted by atomic mass is 35.5. The Labute approximate surface area is 167 Å². The van der Waals surface area contributed by atoms with Crippen LogP contribution in [-0.2, 0) is 16.0 Å². The molecule has 8 N–H and O–H groups in total. The standard InChI is InChI=1S/C19H15ClN2O7/c20-8-1-2-9(23)11-6(8)3-5-4-7-13(21)15(25)12(18(22)28)17(27)19(7,29)16(26)10(5)14(11)24/h1-3,7,13,23-24,27,29H,4,21H2,(H2,22,28). The van der Waals surface area contributed by atoms with Gasteiger partial charge in [-0.15, -0.1) is 0 Å². The number of aliphatic hydroxyl groups excluding tert-OH is 1. The summed E-state index contributed by atoms with van der Waals surface area (Å²) in [5.41, 5.74) is 7.13. The first-order chi connectivity index (χ1) is 13.5. The molecule has 3 atom stereocenters. The summed E-state index contributed by atoms with van der Waals surface area (Å²) in [5, 5.41) is 42.7. The van der Waals surface area contributed by atoms with Crippen molar-refractivity contribution in [1.82, 2.24) is 0 Å². The fourth-order valence-corrected chi connectivity index (χ4v) is 4.43. The molecule has 1 amide bonds. The van der Waals surface area contributed by atoms with Gasteiger partial charge in [-0.2, -0.15) is 0 Å². The van der Waals surface area contributed by atoms with Crippen LogP contribution in [0.5, 0.6) is 11.5 Å². The molecule has 0 fully saturated rings. The van der Waals surface area contributed by atoms with E-state index in [0.29, 0.717) is 0 Å². The van der Waals surface area contributed by atoms with Gasteiger partial charge in [0.05, 0.1) is 17.0 Å². The van der Waals surface area contributed by atoms with Crippen LogP contribution in [0.4, 0.5) is 0 Å². The Hall–Kier alpha value is -3.14. The summed E-state index contributed by atoms with van der Waals surface area (Å²) in [5.74, 6) is -7.06. The number of amides is 1. The van der Waals surface area contributed by atoms with Crippen molar-refractivity contribution in [3.63, 3.8) is 0 Å². The van der Waals surface area contributed by atoms with Crippen molar-refractivity contribution in [2.24, 2.45) is 17.4 Å². The van der Waals surface area contributed by atoms with E-state index in [4.69, 9.17) is 23.1 Å². The lowest BCUT2D eigenvalue weighted by atomic mass is 9.62. The number of benzene rings is 2. The van der Waals surface area contributed by atoms with Crippen LogP contribution < -0.4 is 11.5 Å². The lowest BCUT2D eigenvalue weighted by Gasteiger charge is -2.44. The number of halogens is 1. The number of hydrogen-bond donors (Lipinski definition) is 6. The molecule has 0 aromatic heterocycles. The first-order valence-electron chi connectivity index (χ1n) is 8.48. The van der Waals surface area contributed by atoms with Crippen molar-refractivity contribution < 1.29 is 34.8 Å². The maximum Gasteiger partial charge on any atom is 0.255 e.